The van der Waals surface area contributed by atoms with Crippen molar-refractivity contribution in [1.82, 2.24) is 4.90 Å². The van der Waals surface area contributed by atoms with E-state index in [2.05, 4.69) is 11.8 Å². The fourth-order valence-electron chi connectivity index (χ4n) is 2.82. The van der Waals surface area contributed by atoms with E-state index in [-0.39, 0.29) is 6.10 Å². The maximum absolute atomic E-state index is 11.3. The van der Waals surface area contributed by atoms with E-state index >= 15 is 0 Å². The van der Waals surface area contributed by atoms with Gasteiger partial charge in [-0.1, -0.05) is 0 Å². The SMILES string of the molecule is CC1CC(O)CN1C1CCCC(=O)C1. The van der Waals surface area contributed by atoms with E-state index in [9.17, 15) is 9.90 Å². The molecule has 3 nitrogen and oxygen atoms in total. The second kappa shape index (κ2) is 3.99. The maximum atomic E-state index is 11.3. The molecule has 0 bridgehead atoms. The van der Waals surface area contributed by atoms with Gasteiger partial charge in [0.2, 0.25) is 0 Å². The van der Waals surface area contributed by atoms with Crippen LogP contribution in [0.15, 0.2) is 0 Å². The number of hydrogen-bond donors (Lipinski definition) is 1. The summed E-state index contributed by atoms with van der Waals surface area (Å²) in [5, 5.41) is 9.54. The zero-order valence-corrected chi connectivity index (χ0v) is 8.78. The fourth-order valence-corrected chi connectivity index (χ4v) is 2.82. The van der Waals surface area contributed by atoms with Gasteiger partial charge in [-0.3, -0.25) is 9.69 Å². The predicted molar refractivity (Wildman–Crippen MR) is 54.1 cm³/mol. The van der Waals surface area contributed by atoms with E-state index in [1.807, 2.05) is 0 Å². The molecule has 0 spiro atoms. The zero-order valence-electron chi connectivity index (χ0n) is 8.78. The zero-order chi connectivity index (χ0) is 10.1. The van der Waals surface area contributed by atoms with Gasteiger partial charge >= 0.3 is 0 Å². The minimum Gasteiger partial charge on any atom is -0.392 e. The number of ketones is 1. The molecule has 0 aromatic heterocycles. The van der Waals surface area contributed by atoms with E-state index in [1.165, 1.54) is 0 Å². The quantitative estimate of drug-likeness (QED) is 0.680. The lowest BCUT2D eigenvalue weighted by Crippen LogP contribution is -2.41. The van der Waals surface area contributed by atoms with Crippen molar-refractivity contribution < 1.29 is 9.90 Å². The van der Waals surface area contributed by atoms with Crippen LogP contribution in [0.4, 0.5) is 0 Å². The molecule has 2 fully saturated rings. The Morgan fingerprint density at radius 3 is 2.86 bits per heavy atom. The number of nitrogens with zero attached hydrogens (tertiary/aromatic N) is 1. The van der Waals surface area contributed by atoms with Crippen LogP contribution >= 0.6 is 0 Å². The molecule has 14 heavy (non-hydrogen) atoms. The average molecular weight is 197 g/mol. The van der Waals surface area contributed by atoms with E-state index in [0.29, 0.717) is 24.3 Å². The molecular formula is C11H19NO2. The summed E-state index contributed by atoms with van der Waals surface area (Å²) in [7, 11) is 0. The summed E-state index contributed by atoms with van der Waals surface area (Å²) in [4.78, 5) is 13.7. The Morgan fingerprint density at radius 2 is 2.29 bits per heavy atom. The van der Waals surface area contributed by atoms with E-state index in [1.54, 1.807) is 0 Å². The van der Waals surface area contributed by atoms with Gasteiger partial charge in [0, 0.05) is 31.5 Å². The normalized spacial score (nSPS) is 40.4. The lowest BCUT2D eigenvalue weighted by Gasteiger charge is -2.33. The minimum atomic E-state index is -0.179. The third-order valence-electron chi connectivity index (χ3n) is 3.53. The van der Waals surface area contributed by atoms with Crippen LogP contribution in [-0.4, -0.2) is 40.5 Å². The second-order valence-corrected chi connectivity index (χ2v) is 4.72. The molecule has 2 rings (SSSR count). The number of hydrogen-bond acceptors (Lipinski definition) is 3. The van der Waals surface area contributed by atoms with Gasteiger partial charge in [-0.05, 0) is 26.2 Å². The number of likely N-dealkylation sites (tertiary alicyclic amines) is 1. The standard InChI is InChI=1S/C11H19NO2/c1-8-5-11(14)7-12(8)9-3-2-4-10(13)6-9/h8-9,11,14H,2-7H2,1H3. The van der Waals surface area contributed by atoms with Crippen LogP contribution in [0.1, 0.15) is 39.0 Å². The first-order valence-electron chi connectivity index (χ1n) is 5.62. The Bertz CT molecular complexity index is 229. The summed E-state index contributed by atoms with van der Waals surface area (Å²) in [5.74, 6) is 0.398. The average Bonchev–Trinajstić information content (AvgIpc) is 2.45. The highest BCUT2D eigenvalue weighted by Crippen LogP contribution is 2.27. The summed E-state index contributed by atoms with van der Waals surface area (Å²) in [5.41, 5.74) is 0. The Kier molecular flexibility index (Phi) is 2.88. The Hall–Kier alpha value is -0.410. The van der Waals surface area contributed by atoms with Crippen LogP contribution in [0.2, 0.25) is 0 Å². The molecule has 1 saturated heterocycles. The minimum absolute atomic E-state index is 0.179. The number of carbonyl (C=O) groups is 1. The number of carbonyl (C=O) groups excluding carboxylic acids is 1. The van der Waals surface area contributed by atoms with Gasteiger partial charge in [0.05, 0.1) is 6.10 Å². The highest BCUT2D eigenvalue weighted by atomic mass is 16.3. The van der Waals surface area contributed by atoms with Crippen LogP contribution in [0, 0.1) is 0 Å². The molecule has 1 aliphatic carbocycles. The van der Waals surface area contributed by atoms with Gasteiger partial charge in [0.15, 0.2) is 0 Å². The summed E-state index contributed by atoms with van der Waals surface area (Å²) in [6.07, 6.45) is 4.32. The van der Waals surface area contributed by atoms with Crippen molar-refractivity contribution in [3.8, 4) is 0 Å². The molecule has 3 unspecified atom stereocenters. The number of β-amino-alcohol motifs (C(OH)–C–C–N with tert-alkyl or cyclic N) is 1. The van der Waals surface area contributed by atoms with E-state index in [4.69, 9.17) is 0 Å². The molecule has 0 amide bonds. The molecule has 1 heterocycles. The molecule has 0 aromatic carbocycles. The Labute approximate surface area is 85.1 Å². The van der Waals surface area contributed by atoms with Crippen LogP contribution < -0.4 is 0 Å². The van der Waals surface area contributed by atoms with Gasteiger partial charge in [-0.25, -0.2) is 0 Å². The van der Waals surface area contributed by atoms with E-state index < -0.39 is 0 Å². The number of rotatable bonds is 1. The first-order chi connectivity index (χ1) is 6.66. The molecule has 0 radical (unpaired) electrons. The van der Waals surface area contributed by atoms with Gasteiger partial charge in [0.25, 0.3) is 0 Å². The molecule has 80 valence electrons. The molecule has 0 aromatic rings. The van der Waals surface area contributed by atoms with Crippen LogP contribution in [0.5, 0.6) is 0 Å². The van der Waals surface area contributed by atoms with Crippen molar-refractivity contribution in [2.45, 2.75) is 57.2 Å². The third kappa shape index (κ3) is 1.98. The monoisotopic (exact) mass is 197 g/mol. The van der Waals surface area contributed by atoms with Crippen molar-refractivity contribution in [3.05, 3.63) is 0 Å². The van der Waals surface area contributed by atoms with Crippen molar-refractivity contribution in [2.24, 2.45) is 0 Å². The predicted octanol–water partition coefficient (Wildman–Crippen LogP) is 0.953. The first-order valence-corrected chi connectivity index (χ1v) is 5.62. The van der Waals surface area contributed by atoms with Gasteiger partial charge in [0.1, 0.15) is 5.78 Å². The third-order valence-corrected chi connectivity index (χ3v) is 3.53. The smallest absolute Gasteiger partial charge is 0.134 e. The lowest BCUT2D eigenvalue weighted by molar-refractivity contribution is -0.122. The van der Waals surface area contributed by atoms with Crippen molar-refractivity contribution in [3.63, 3.8) is 0 Å². The first kappa shape index (κ1) is 10.1. The molecule has 1 N–H and O–H groups in total. The summed E-state index contributed by atoms with van der Waals surface area (Å²) in [6.45, 7) is 2.91. The highest BCUT2D eigenvalue weighted by molar-refractivity contribution is 5.79. The summed E-state index contributed by atoms with van der Waals surface area (Å²) >= 11 is 0. The second-order valence-electron chi connectivity index (χ2n) is 4.72. The summed E-state index contributed by atoms with van der Waals surface area (Å²) in [6, 6.07) is 0.851. The van der Waals surface area contributed by atoms with Crippen molar-refractivity contribution in [1.29, 1.82) is 0 Å². The summed E-state index contributed by atoms with van der Waals surface area (Å²) < 4.78 is 0. The Morgan fingerprint density at radius 1 is 1.50 bits per heavy atom. The number of Topliss-reactive ketones (excluding diaryl/α,β-unsaturated/α-hetero) is 1. The van der Waals surface area contributed by atoms with Gasteiger partial charge < -0.3 is 5.11 Å². The topological polar surface area (TPSA) is 40.5 Å². The molecule has 1 aliphatic heterocycles. The molecule has 3 heteroatoms. The van der Waals surface area contributed by atoms with Crippen molar-refractivity contribution >= 4 is 5.78 Å². The molecular weight excluding hydrogens is 178 g/mol. The fraction of sp³-hybridized carbons (Fsp3) is 0.909. The number of aliphatic hydroxyl groups excluding tert-OH is 1. The number of aliphatic hydroxyl groups is 1. The Balaban J connectivity index is 1.96. The van der Waals surface area contributed by atoms with Crippen LogP contribution in [0.25, 0.3) is 0 Å². The van der Waals surface area contributed by atoms with Crippen LogP contribution in [-0.2, 0) is 4.79 Å². The van der Waals surface area contributed by atoms with E-state index in [0.717, 1.165) is 32.2 Å². The largest absolute Gasteiger partial charge is 0.392 e. The maximum Gasteiger partial charge on any atom is 0.134 e. The van der Waals surface area contributed by atoms with Gasteiger partial charge in [-0.15, -0.1) is 0 Å². The lowest BCUT2D eigenvalue weighted by atomic mass is 9.93. The van der Waals surface area contributed by atoms with Crippen molar-refractivity contribution in [2.75, 3.05) is 6.54 Å². The highest BCUT2D eigenvalue weighted by Gasteiger charge is 2.34. The van der Waals surface area contributed by atoms with Crippen LogP contribution in [0.3, 0.4) is 0 Å². The molecule has 3 atom stereocenters. The molecule has 2 aliphatic rings. The molecule has 1 saturated carbocycles. The van der Waals surface area contributed by atoms with Gasteiger partial charge in [-0.2, -0.15) is 0 Å².